The molecule has 29 heavy (non-hydrogen) atoms. The highest BCUT2D eigenvalue weighted by atomic mass is 35.5. The molecule has 2 heterocycles. The van der Waals surface area contributed by atoms with Crippen LogP contribution < -0.4 is 10.6 Å². The molecule has 8 heteroatoms. The summed E-state index contributed by atoms with van der Waals surface area (Å²) < 4.78 is 1.65. The van der Waals surface area contributed by atoms with E-state index in [0.717, 1.165) is 31.2 Å². The first-order chi connectivity index (χ1) is 14.2. The second-order valence-electron chi connectivity index (χ2n) is 7.21. The molecule has 3 aromatic rings. The van der Waals surface area contributed by atoms with Crippen LogP contribution in [0.25, 0.3) is 5.82 Å². The van der Waals surface area contributed by atoms with Gasteiger partial charge >= 0.3 is 0 Å². The Hall–Kier alpha value is -2.93. The minimum absolute atomic E-state index is 0.0826. The molecule has 0 spiro atoms. The first-order valence-electron chi connectivity index (χ1n) is 9.79. The summed E-state index contributed by atoms with van der Waals surface area (Å²) in [6.07, 6.45) is 7.37. The number of hydrogen-bond acceptors (Lipinski definition) is 5. The van der Waals surface area contributed by atoms with Gasteiger partial charge in [0.1, 0.15) is 5.82 Å². The zero-order valence-corrected chi connectivity index (χ0v) is 16.8. The van der Waals surface area contributed by atoms with Crippen LogP contribution in [-0.4, -0.2) is 39.0 Å². The molecule has 1 aliphatic carbocycles. The first-order valence-corrected chi connectivity index (χ1v) is 10.2. The number of hydrogen-bond donors (Lipinski definition) is 2. The van der Waals surface area contributed by atoms with Crippen LogP contribution in [0.3, 0.4) is 0 Å². The molecule has 4 rings (SSSR count). The highest BCUT2D eigenvalue weighted by Crippen LogP contribution is 2.41. The predicted molar refractivity (Wildman–Crippen MR) is 112 cm³/mol. The Kier molecular flexibility index (Phi) is 5.76. The molecule has 0 saturated heterocycles. The van der Waals surface area contributed by atoms with Crippen LogP contribution in [-0.2, 0) is 10.2 Å². The second kappa shape index (κ2) is 8.61. The molecule has 1 fully saturated rings. The standard InChI is InChI=1S/C21H23ClN6O/c22-17-6-4-16(5-7-17)21(10-1-2-11-21)20(29)24-14-13-23-18-8-9-19(27-26-18)28-15-3-12-25-28/h3-9,12,15H,1-2,10-11,13-14H2,(H,23,26)(H,24,29). The van der Waals surface area contributed by atoms with E-state index in [1.54, 1.807) is 10.9 Å². The summed E-state index contributed by atoms with van der Waals surface area (Å²) in [5, 5.41) is 19.4. The molecule has 1 amide bonds. The molecule has 2 N–H and O–H groups in total. The smallest absolute Gasteiger partial charge is 0.230 e. The summed E-state index contributed by atoms with van der Waals surface area (Å²) in [7, 11) is 0. The lowest BCUT2D eigenvalue weighted by molar-refractivity contribution is -0.126. The van der Waals surface area contributed by atoms with Crippen molar-refractivity contribution >= 4 is 23.3 Å². The monoisotopic (exact) mass is 410 g/mol. The van der Waals surface area contributed by atoms with E-state index < -0.39 is 5.41 Å². The van der Waals surface area contributed by atoms with Crippen molar-refractivity contribution in [3.05, 3.63) is 65.4 Å². The number of aromatic nitrogens is 4. The average molecular weight is 411 g/mol. The van der Waals surface area contributed by atoms with Gasteiger partial charge in [-0.05, 0) is 48.7 Å². The number of amides is 1. The molecule has 7 nitrogen and oxygen atoms in total. The van der Waals surface area contributed by atoms with Crippen LogP contribution in [0, 0.1) is 0 Å². The van der Waals surface area contributed by atoms with Gasteiger partial charge in [-0.15, -0.1) is 10.2 Å². The summed E-state index contributed by atoms with van der Waals surface area (Å²) in [5.74, 6) is 1.39. The first kappa shape index (κ1) is 19.4. The predicted octanol–water partition coefficient (Wildman–Crippen LogP) is 3.36. The third kappa shape index (κ3) is 4.24. The fourth-order valence-corrected chi connectivity index (χ4v) is 4.00. The van der Waals surface area contributed by atoms with Crippen LogP contribution in [0.5, 0.6) is 0 Å². The van der Waals surface area contributed by atoms with Crippen molar-refractivity contribution in [3.8, 4) is 5.82 Å². The third-order valence-electron chi connectivity index (χ3n) is 5.39. The maximum Gasteiger partial charge on any atom is 0.230 e. The van der Waals surface area contributed by atoms with Crippen molar-refractivity contribution in [1.82, 2.24) is 25.3 Å². The van der Waals surface area contributed by atoms with Gasteiger partial charge in [0, 0.05) is 30.5 Å². The summed E-state index contributed by atoms with van der Waals surface area (Å²) in [4.78, 5) is 13.0. The summed E-state index contributed by atoms with van der Waals surface area (Å²) in [6, 6.07) is 13.2. The van der Waals surface area contributed by atoms with Crippen LogP contribution in [0.4, 0.5) is 5.82 Å². The highest BCUT2D eigenvalue weighted by Gasteiger charge is 2.42. The van der Waals surface area contributed by atoms with E-state index in [9.17, 15) is 4.79 Å². The van der Waals surface area contributed by atoms with Crippen molar-refractivity contribution in [2.75, 3.05) is 18.4 Å². The van der Waals surface area contributed by atoms with Gasteiger partial charge in [0.05, 0.1) is 5.41 Å². The number of nitrogens with one attached hydrogen (secondary N) is 2. The molecule has 2 aromatic heterocycles. The average Bonchev–Trinajstić information content (AvgIpc) is 3.45. The van der Waals surface area contributed by atoms with E-state index >= 15 is 0 Å². The van der Waals surface area contributed by atoms with Gasteiger partial charge < -0.3 is 10.6 Å². The zero-order chi connectivity index (χ0) is 20.1. The van der Waals surface area contributed by atoms with Crippen LogP contribution in [0.2, 0.25) is 5.02 Å². The second-order valence-corrected chi connectivity index (χ2v) is 7.64. The Morgan fingerprint density at radius 1 is 1.07 bits per heavy atom. The largest absolute Gasteiger partial charge is 0.367 e. The number of carbonyl (C=O) groups excluding carboxylic acids is 1. The van der Waals surface area contributed by atoms with Crippen molar-refractivity contribution in [1.29, 1.82) is 0 Å². The SMILES string of the molecule is O=C(NCCNc1ccc(-n2cccn2)nn1)C1(c2ccc(Cl)cc2)CCCC1. The van der Waals surface area contributed by atoms with E-state index in [-0.39, 0.29) is 5.91 Å². The Bertz CT molecular complexity index is 934. The minimum Gasteiger partial charge on any atom is -0.367 e. The molecule has 0 aliphatic heterocycles. The van der Waals surface area contributed by atoms with Gasteiger partial charge in [-0.2, -0.15) is 5.10 Å². The molecule has 0 radical (unpaired) electrons. The minimum atomic E-state index is -0.449. The van der Waals surface area contributed by atoms with Crippen LogP contribution >= 0.6 is 11.6 Å². The lowest BCUT2D eigenvalue weighted by Gasteiger charge is -2.28. The number of halogens is 1. The number of carbonyl (C=O) groups is 1. The van der Waals surface area contributed by atoms with Crippen molar-refractivity contribution < 1.29 is 4.79 Å². The molecule has 1 saturated carbocycles. The van der Waals surface area contributed by atoms with Gasteiger partial charge in [-0.25, -0.2) is 4.68 Å². The molecule has 0 atom stereocenters. The number of benzene rings is 1. The van der Waals surface area contributed by atoms with E-state index in [1.165, 1.54) is 0 Å². The normalized spacial score (nSPS) is 15.2. The molecule has 1 aromatic carbocycles. The molecule has 1 aliphatic rings. The topological polar surface area (TPSA) is 84.7 Å². The number of anilines is 1. The Labute approximate surface area is 174 Å². The van der Waals surface area contributed by atoms with E-state index in [4.69, 9.17) is 11.6 Å². The van der Waals surface area contributed by atoms with Gasteiger partial charge in [-0.3, -0.25) is 4.79 Å². The maximum absolute atomic E-state index is 13.0. The summed E-state index contributed by atoms with van der Waals surface area (Å²) in [5.41, 5.74) is 0.598. The molecule has 0 unspecified atom stereocenters. The fraction of sp³-hybridized carbons (Fsp3) is 0.333. The number of nitrogens with zero attached hydrogens (tertiary/aromatic N) is 4. The van der Waals surface area contributed by atoms with Gasteiger partial charge in [0.2, 0.25) is 5.91 Å². The van der Waals surface area contributed by atoms with Crippen molar-refractivity contribution in [3.63, 3.8) is 0 Å². The number of rotatable bonds is 7. The Morgan fingerprint density at radius 3 is 2.52 bits per heavy atom. The molecule has 0 bridgehead atoms. The summed E-state index contributed by atoms with van der Waals surface area (Å²) in [6.45, 7) is 1.08. The molecular formula is C21H23ClN6O. The lowest BCUT2D eigenvalue weighted by Crippen LogP contribution is -2.44. The zero-order valence-electron chi connectivity index (χ0n) is 16.0. The maximum atomic E-state index is 13.0. The van der Waals surface area contributed by atoms with Crippen molar-refractivity contribution in [2.24, 2.45) is 0 Å². The highest BCUT2D eigenvalue weighted by molar-refractivity contribution is 6.30. The van der Waals surface area contributed by atoms with E-state index in [2.05, 4.69) is 25.9 Å². The van der Waals surface area contributed by atoms with Crippen LogP contribution in [0.1, 0.15) is 31.2 Å². The lowest BCUT2D eigenvalue weighted by atomic mass is 9.78. The van der Waals surface area contributed by atoms with Crippen LogP contribution in [0.15, 0.2) is 54.9 Å². The Morgan fingerprint density at radius 2 is 1.86 bits per heavy atom. The van der Waals surface area contributed by atoms with Crippen molar-refractivity contribution in [2.45, 2.75) is 31.1 Å². The van der Waals surface area contributed by atoms with E-state index in [0.29, 0.717) is 29.7 Å². The molecule has 150 valence electrons. The van der Waals surface area contributed by atoms with Gasteiger partial charge in [-0.1, -0.05) is 36.6 Å². The quantitative estimate of drug-likeness (QED) is 0.583. The van der Waals surface area contributed by atoms with Gasteiger partial charge in [0.15, 0.2) is 5.82 Å². The van der Waals surface area contributed by atoms with E-state index in [1.807, 2.05) is 48.7 Å². The molecular weight excluding hydrogens is 388 g/mol. The summed E-state index contributed by atoms with van der Waals surface area (Å²) >= 11 is 6.02. The van der Waals surface area contributed by atoms with Gasteiger partial charge in [0.25, 0.3) is 0 Å². The third-order valence-corrected chi connectivity index (χ3v) is 5.65. The fourth-order valence-electron chi connectivity index (χ4n) is 3.88. The Balaban J connectivity index is 1.31.